The molecule has 0 nitrogen and oxygen atoms in total. The van der Waals surface area contributed by atoms with Gasteiger partial charge in [-0.3, -0.25) is 0 Å². The number of halogens is 5. The standard InChI is InChI=1S/C23H17F5/c24-20-13-12-19(22(25)15-20)11-10-16-6-8-17(9-7-16)14-21(23(26,27)28)18-4-2-1-3-5-18/h1-13,15,21H,14H2/t21-/m1/s1. The van der Waals surface area contributed by atoms with Crippen molar-refractivity contribution in [3.05, 3.63) is 107 Å². The van der Waals surface area contributed by atoms with Crippen LogP contribution in [0, 0.1) is 11.6 Å². The molecule has 3 rings (SSSR count). The number of hydrogen-bond donors (Lipinski definition) is 0. The zero-order chi connectivity index (χ0) is 20.1. The van der Waals surface area contributed by atoms with Crippen LogP contribution in [0.15, 0.2) is 72.8 Å². The third-order valence-corrected chi connectivity index (χ3v) is 4.43. The maximum atomic E-state index is 13.6. The summed E-state index contributed by atoms with van der Waals surface area (Å²) in [6, 6.07) is 17.7. The van der Waals surface area contributed by atoms with Crippen LogP contribution in [0.1, 0.15) is 28.2 Å². The van der Waals surface area contributed by atoms with E-state index >= 15 is 0 Å². The monoisotopic (exact) mass is 388 g/mol. The molecule has 0 saturated carbocycles. The summed E-state index contributed by atoms with van der Waals surface area (Å²) in [7, 11) is 0. The van der Waals surface area contributed by atoms with Crippen LogP contribution in [-0.2, 0) is 6.42 Å². The molecule has 0 bridgehead atoms. The van der Waals surface area contributed by atoms with Gasteiger partial charge in [0.05, 0.1) is 5.92 Å². The van der Waals surface area contributed by atoms with Crippen LogP contribution in [0.3, 0.4) is 0 Å². The van der Waals surface area contributed by atoms with Crippen LogP contribution in [0.25, 0.3) is 12.2 Å². The molecule has 0 aromatic heterocycles. The second-order valence-electron chi connectivity index (χ2n) is 6.45. The molecule has 0 amide bonds. The van der Waals surface area contributed by atoms with Crippen molar-refractivity contribution in [2.45, 2.75) is 18.5 Å². The van der Waals surface area contributed by atoms with E-state index in [2.05, 4.69) is 0 Å². The van der Waals surface area contributed by atoms with E-state index in [0.717, 1.165) is 12.1 Å². The van der Waals surface area contributed by atoms with E-state index in [-0.39, 0.29) is 17.5 Å². The normalized spacial score (nSPS) is 13.0. The highest BCUT2D eigenvalue weighted by Crippen LogP contribution is 2.37. The fraction of sp³-hybridized carbons (Fsp3) is 0.130. The zero-order valence-corrected chi connectivity index (χ0v) is 14.8. The van der Waals surface area contributed by atoms with Gasteiger partial charge in [-0.05, 0) is 35.2 Å². The van der Waals surface area contributed by atoms with Gasteiger partial charge >= 0.3 is 6.18 Å². The fourth-order valence-electron chi connectivity index (χ4n) is 2.93. The van der Waals surface area contributed by atoms with E-state index in [1.807, 2.05) is 0 Å². The maximum absolute atomic E-state index is 13.6. The first kappa shape index (κ1) is 19.8. The molecule has 0 unspecified atom stereocenters. The van der Waals surface area contributed by atoms with Crippen molar-refractivity contribution in [1.82, 2.24) is 0 Å². The lowest BCUT2D eigenvalue weighted by molar-refractivity contribution is -0.150. The lowest BCUT2D eigenvalue weighted by Crippen LogP contribution is -2.22. The number of alkyl halides is 3. The lowest BCUT2D eigenvalue weighted by Gasteiger charge is -2.21. The van der Waals surface area contributed by atoms with Crippen LogP contribution < -0.4 is 0 Å². The fourth-order valence-corrected chi connectivity index (χ4v) is 2.93. The molecule has 5 heteroatoms. The zero-order valence-electron chi connectivity index (χ0n) is 14.8. The number of hydrogen-bond acceptors (Lipinski definition) is 0. The van der Waals surface area contributed by atoms with Gasteiger partial charge in [-0.15, -0.1) is 0 Å². The Labute approximate surface area is 160 Å². The molecular formula is C23H17F5. The summed E-state index contributed by atoms with van der Waals surface area (Å²) in [4.78, 5) is 0. The molecule has 0 N–H and O–H groups in total. The molecule has 1 atom stereocenters. The topological polar surface area (TPSA) is 0 Å². The van der Waals surface area contributed by atoms with Gasteiger partial charge in [-0.1, -0.05) is 66.7 Å². The first-order chi connectivity index (χ1) is 13.3. The minimum atomic E-state index is -4.35. The SMILES string of the molecule is Fc1ccc(C=Cc2ccc(C[C@H](c3ccccc3)C(F)(F)F)cc2)c(F)c1. The van der Waals surface area contributed by atoms with Gasteiger partial charge in [0.15, 0.2) is 0 Å². The summed E-state index contributed by atoms with van der Waals surface area (Å²) < 4.78 is 67.0. The summed E-state index contributed by atoms with van der Waals surface area (Å²) in [6.45, 7) is 0. The Kier molecular flexibility index (Phi) is 5.93. The highest BCUT2D eigenvalue weighted by atomic mass is 19.4. The average molecular weight is 388 g/mol. The van der Waals surface area contributed by atoms with Crippen molar-refractivity contribution >= 4 is 12.2 Å². The second kappa shape index (κ2) is 8.38. The van der Waals surface area contributed by atoms with E-state index in [4.69, 9.17) is 0 Å². The molecule has 0 aliphatic heterocycles. The van der Waals surface area contributed by atoms with Crippen molar-refractivity contribution in [3.8, 4) is 0 Å². The van der Waals surface area contributed by atoms with Gasteiger partial charge < -0.3 is 0 Å². The highest BCUT2D eigenvalue weighted by molar-refractivity contribution is 5.69. The van der Waals surface area contributed by atoms with E-state index in [1.165, 1.54) is 24.3 Å². The molecule has 0 saturated heterocycles. The minimum absolute atomic E-state index is 0.163. The van der Waals surface area contributed by atoms with Crippen LogP contribution in [0.5, 0.6) is 0 Å². The predicted molar refractivity (Wildman–Crippen MR) is 101 cm³/mol. The van der Waals surface area contributed by atoms with Crippen LogP contribution in [0.4, 0.5) is 22.0 Å². The Morgan fingerprint density at radius 3 is 2.07 bits per heavy atom. The van der Waals surface area contributed by atoms with Gasteiger partial charge in [0.25, 0.3) is 0 Å². The van der Waals surface area contributed by atoms with Gasteiger partial charge in [0.2, 0.25) is 0 Å². The summed E-state index contributed by atoms with van der Waals surface area (Å²) >= 11 is 0. The van der Waals surface area contributed by atoms with Crippen LogP contribution in [0.2, 0.25) is 0 Å². The Morgan fingerprint density at radius 2 is 1.46 bits per heavy atom. The van der Waals surface area contributed by atoms with E-state index in [0.29, 0.717) is 11.1 Å². The van der Waals surface area contributed by atoms with Crippen molar-refractivity contribution in [2.75, 3.05) is 0 Å². The van der Waals surface area contributed by atoms with E-state index < -0.39 is 23.7 Å². The smallest absolute Gasteiger partial charge is 0.207 e. The molecule has 0 radical (unpaired) electrons. The van der Waals surface area contributed by atoms with Gasteiger partial charge in [-0.25, -0.2) is 8.78 Å². The minimum Gasteiger partial charge on any atom is -0.207 e. The van der Waals surface area contributed by atoms with Gasteiger partial charge in [0.1, 0.15) is 11.6 Å². The molecule has 144 valence electrons. The first-order valence-corrected chi connectivity index (χ1v) is 8.66. The maximum Gasteiger partial charge on any atom is 0.396 e. The lowest BCUT2D eigenvalue weighted by atomic mass is 9.91. The third kappa shape index (κ3) is 5.06. The molecular weight excluding hydrogens is 371 g/mol. The van der Waals surface area contributed by atoms with Crippen LogP contribution >= 0.6 is 0 Å². The summed E-state index contributed by atoms with van der Waals surface area (Å²) in [6.07, 6.45) is -1.39. The number of benzene rings is 3. The third-order valence-electron chi connectivity index (χ3n) is 4.43. The molecule has 3 aromatic rings. The van der Waals surface area contributed by atoms with E-state index in [1.54, 1.807) is 48.5 Å². The molecule has 0 aliphatic rings. The van der Waals surface area contributed by atoms with Crippen molar-refractivity contribution in [2.24, 2.45) is 0 Å². The number of rotatable bonds is 5. The molecule has 0 fully saturated rings. The molecule has 28 heavy (non-hydrogen) atoms. The Hall–Kier alpha value is -2.95. The van der Waals surface area contributed by atoms with Crippen molar-refractivity contribution < 1.29 is 22.0 Å². The molecule has 0 heterocycles. The van der Waals surface area contributed by atoms with E-state index in [9.17, 15) is 22.0 Å². The average Bonchev–Trinajstić information content (AvgIpc) is 2.66. The van der Waals surface area contributed by atoms with Crippen molar-refractivity contribution in [1.29, 1.82) is 0 Å². The predicted octanol–water partition coefficient (Wildman–Crippen LogP) is 7.02. The molecule has 3 aromatic carbocycles. The largest absolute Gasteiger partial charge is 0.396 e. The molecule has 0 aliphatic carbocycles. The Morgan fingerprint density at radius 1 is 0.786 bits per heavy atom. The summed E-state index contributed by atoms with van der Waals surface area (Å²) in [5.41, 5.74) is 1.71. The van der Waals surface area contributed by atoms with Crippen LogP contribution in [-0.4, -0.2) is 6.18 Å². The summed E-state index contributed by atoms with van der Waals surface area (Å²) in [5.74, 6) is -2.91. The van der Waals surface area contributed by atoms with Gasteiger partial charge in [0, 0.05) is 11.6 Å². The second-order valence-corrected chi connectivity index (χ2v) is 6.45. The van der Waals surface area contributed by atoms with Crippen molar-refractivity contribution in [3.63, 3.8) is 0 Å². The van der Waals surface area contributed by atoms with Gasteiger partial charge in [-0.2, -0.15) is 13.2 Å². The molecule has 0 spiro atoms. The highest BCUT2D eigenvalue weighted by Gasteiger charge is 2.40. The first-order valence-electron chi connectivity index (χ1n) is 8.66. The quantitative estimate of drug-likeness (QED) is 0.325. The Balaban J connectivity index is 1.75. The summed E-state index contributed by atoms with van der Waals surface area (Å²) in [5, 5.41) is 0. The Bertz CT molecular complexity index is 941.